The van der Waals surface area contributed by atoms with E-state index in [0.29, 0.717) is 38.9 Å². The number of nitrogens with one attached hydrogen (secondary N) is 2. The third-order valence-corrected chi connectivity index (χ3v) is 9.76. The molecule has 2 aliphatic heterocycles. The number of piperidine rings is 1. The Kier molecular flexibility index (Phi) is 11.7. The summed E-state index contributed by atoms with van der Waals surface area (Å²) in [4.78, 5) is 73.9. The van der Waals surface area contributed by atoms with Gasteiger partial charge in [0.15, 0.2) is 11.0 Å². The Balaban J connectivity index is 1.28. The van der Waals surface area contributed by atoms with E-state index in [1.54, 1.807) is 22.4 Å². The number of carbonyl (C=O) groups is 4. The molecular formula is C34H40N8O6S. The molecule has 5 rings (SSSR count). The molecule has 1 unspecified atom stereocenters. The molecule has 3 atom stereocenters. The summed E-state index contributed by atoms with van der Waals surface area (Å²) in [5.41, 5.74) is 7.44. The molecule has 3 aromatic rings. The molecule has 4 N–H and O–H groups in total. The van der Waals surface area contributed by atoms with Gasteiger partial charge >= 0.3 is 0 Å². The Morgan fingerprint density at radius 3 is 2.55 bits per heavy atom. The fourth-order valence-electron chi connectivity index (χ4n) is 6.46. The molecule has 2 fully saturated rings. The Bertz CT molecular complexity index is 1650. The van der Waals surface area contributed by atoms with E-state index in [1.165, 1.54) is 39.5 Å². The minimum atomic E-state index is -0.927. The van der Waals surface area contributed by atoms with Crippen LogP contribution in [0.2, 0.25) is 0 Å². The Morgan fingerprint density at radius 1 is 1.12 bits per heavy atom. The van der Waals surface area contributed by atoms with Crippen LogP contribution in [-0.4, -0.2) is 98.9 Å². The number of benzene rings is 2. The number of thiazole rings is 1. The Hall–Kier alpha value is -5.18. The molecule has 49 heavy (non-hydrogen) atoms. The number of aryl methyl sites for hydroxylation is 1. The number of nitrogens with two attached hydrogens (primary N) is 1. The number of aromatic nitrogens is 1. The van der Waals surface area contributed by atoms with Crippen molar-refractivity contribution in [3.63, 3.8) is 0 Å². The highest BCUT2D eigenvalue weighted by Gasteiger charge is 2.40. The number of likely N-dealkylation sites (tertiary alicyclic amines) is 1. The topological polar surface area (TPSA) is 196 Å². The summed E-state index contributed by atoms with van der Waals surface area (Å²) in [6, 6.07) is 13.7. The van der Waals surface area contributed by atoms with Crippen molar-refractivity contribution in [3.05, 3.63) is 92.4 Å². The van der Waals surface area contributed by atoms with Crippen LogP contribution in [0.1, 0.15) is 46.6 Å². The number of hydrogen-bond acceptors (Lipinski definition) is 9. The summed E-state index contributed by atoms with van der Waals surface area (Å²) in [6.45, 7) is 0.860. The molecule has 2 aliphatic rings. The van der Waals surface area contributed by atoms with Crippen LogP contribution in [0, 0.1) is 21.4 Å². The van der Waals surface area contributed by atoms with Crippen molar-refractivity contribution in [2.75, 3.05) is 32.7 Å². The second kappa shape index (κ2) is 16.3. The maximum atomic E-state index is 13.9. The highest BCUT2D eigenvalue weighted by Crippen LogP contribution is 2.24. The van der Waals surface area contributed by atoms with Gasteiger partial charge in [-0.05, 0) is 49.1 Å². The lowest BCUT2D eigenvalue weighted by atomic mass is 9.90. The lowest BCUT2D eigenvalue weighted by molar-refractivity contribution is -0.384. The quantitative estimate of drug-likeness (QED) is 0.0750. The van der Waals surface area contributed by atoms with E-state index >= 15 is 0 Å². The number of Topliss-reactive ketones (excluding diaryl/α,β-unsaturated/α-hetero) is 1. The van der Waals surface area contributed by atoms with Gasteiger partial charge < -0.3 is 25.8 Å². The van der Waals surface area contributed by atoms with Crippen molar-refractivity contribution in [1.82, 2.24) is 25.0 Å². The summed E-state index contributed by atoms with van der Waals surface area (Å²) in [5.74, 6) is -1.57. The molecule has 0 spiro atoms. The zero-order valence-electron chi connectivity index (χ0n) is 27.0. The normalized spacial score (nSPS) is 18.7. The van der Waals surface area contributed by atoms with Gasteiger partial charge in [-0.25, -0.2) is 4.98 Å². The van der Waals surface area contributed by atoms with E-state index in [9.17, 15) is 29.3 Å². The summed E-state index contributed by atoms with van der Waals surface area (Å²) in [7, 11) is 0. The van der Waals surface area contributed by atoms with Crippen molar-refractivity contribution in [3.8, 4) is 0 Å². The SMILES string of the molecule is N=C(N)N1CCCC(C[C@H](NC(=O)CN2C(=O)CN(CCCc3ccc([N+](=O)[O-])cc3)C(=O)[C@H]2Cc2ccccc2)C(=O)c2nccs2)C1. The van der Waals surface area contributed by atoms with E-state index in [1.807, 2.05) is 30.3 Å². The van der Waals surface area contributed by atoms with Crippen LogP contribution in [0.4, 0.5) is 5.69 Å². The molecule has 0 aliphatic carbocycles. The summed E-state index contributed by atoms with van der Waals surface area (Å²) < 4.78 is 0. The molecule has 1 aromatic heterocycles. The van der Waals surface area contributed by atoms with Gasteiger partial charge in [-0.1, -0.05) is 42.5 Å². The first-order valence-electron chi connectivity index (χ1n) is 16.3. The number of rotatable bonds is 14. The third kappa shape index (κ3) is 9.25. The van der Waals surface area contributed by atoms with Gasteiger partial charge in [-0.15, -0.1) is 11.3 Å². The Morgan fingerprint density at radius 2 is 1.88 bits per heavy atom. The number of amides is 3. The molecule has 3 amide bonds. The van der Waals surface area contributed by atoms with E-state index in [2.05, 4.69) is 10.3 Å². The molecule has 15 heteroatoms. The van der Waals surface area contributed by atoms with E-state index in [0.717, 1.165) is 24.0 Å². The van der Waals surface area contributed by atoms with Crippen LogP contribution in [-0.2, 0) is 27.2 Å². The predicted octanol–water partition coefficient (Wildman–Crippen LogP) is 2.63. The molecule has 2 saturated heterocycles. The maximum Gasteiger partial charge on any atom is 0.269 e. The van der Waals surface area contributed by atoms with Crippen LogP contribution in [0.25, 0.3) is 0 Å². The van der Waals surface area contributed by atoms with Crippen molar-refractivity contribution >= 4 is 46.5 Å². The molecule has 2 aromatic carbocycles. The number of ketones is 1. The first-order valence-corrected chi connectivity index (χ1v) is 17.1. The van der Waals surface area contributed by atoms with Gasteiger partial charge in [0, 0.05) is 49.8 Å². The number of non-ortho nitro benzene ring substituents is 1. The highest BCUT2D eigenvalue weighted by atomic mass is 32.1. The molecular weight excluding hydrogens is 648 g/mol. The molecule has 14 nitrogen and oxygen atoms in total. The number of guanidine groups is 1. The van der Waals surface area contributed by atoms with Crippen molar-refractivity contribution in [2.24, 2.45) is 11.7 Å². The van der Waals surface area contributed by atoms with Gasteiger partial charge in [-0.3, -0.25) is 34.7 Å². The van der Waals surface area contributed by atoms with Crippen LogP contribution in [0.3, 0.4) is 0 Å². The van der Waals surface area contributed by atoms with Crippen molar-refractivity contribution < 1.29 is 24.1 Å². The van der Waals surface area contributed by atoms with Gasteiger partial charge in [0.1, 0.15) is 12.6 Å². The number of carbonyl (C=O) groups excluding carboxylic acids is 4. The zero-order valence-corrected chi connectivity index (χ0v) is 27.8. The predicted molar refractivity (Wildman–Crippen MR) is 183 cm³/mol. The summed E-state index contributed by atoms with van der Waals surface area (Å²) in [6.07, 6.45) is 4.76. The third-order valence-electron chi connectivity index (χ3n) is 8.97. The van der Waals surface area contributed by atoms with Crippen LogP contribution in [0.5, 0.6) is 0 Å². The van der Waals surface area contributed by atoms with Gasteiger partial charge in [-0.2, -0.15) is 0 Å². The Labute approximate surface area is 287 Å². The number of nitro groups is 1. The average Bonchev–Trinajstić information content (AvgIpc) is 3.64. The molecule has 0 bridgehead atoms. The molecule has 3 heterocycles. The maximum absolute atomic E-state index is 13.9. The van der Waals surface area contributed by atoms with Crippen LogP contribution in [0.15, 0.2) is 66.2 Å². The van der Waals surface area contributed by atoms with Crippen LogP contribution < -0.4 is 11.1 Å². The van der Waals surface area contributed by atoms with E-state index in [4.69, 9.17) is 11.1 Å². The minimum absolute atomic E-state index is 0.000856. The average molecular weight is 689 g/mol. The summed E-state index contributed by atoms with van der Waals surface area (Å²) >= 11 is 1.18. The van der Waals surface area contributed by atoms with Gasteiger partial charge in [0.2, 0.25) is 23.5 Å². The van der Waals surface area contributed by atoms with Crippen LogP contribution >= 0.6 is 11.3 Å². The number of nitrogens with zero attached hydrogens (tertiary/aromatic N) is 5. The minimum Gasteiger partial charge on any atom is -0.370 e. The zero-order chi connectivity index (χ0) is 34.9. The monoisotopic (exact) mass is 688 g/mol. The van der Waals surface area contributed by atoms with Gasteiger partial charge in [0.05, 0.1) is 17.5 Å². The fourth-order valence-corrected chi connectivity index (χ4v) is 7.09. The van der Waals surface area contributed by atoms with Crippen molar-refractivity contribution in [1.29, 1.82) is 5.41 Å². The summed E-state index contributed by atoms with van der Waals surface area (Å²) in [5, 5.41) is 23.6. The lowest BCUT2D eigenvalue weighted by Gasteiger charge is -2.40. The van der Waals surface area contributed by atoms with E-state index < -0.39 is 29.5 Å². The number of piperazine rings is 1. The fraction of sp³-hybridized carbons (Fsp3) is 0.412. The molecule has 258 valence electrons. The van der Waals surface area contributed by atoms with Crippen molar-refractivity contribution in [2.45, 2.75) is 50.6 Å². The second-order valence-corrected chi connectivity index (χ2v) is 13.3. The second-order valence-electron chi connectivity index (χ2n) is 12.4. The lowest BCUT2D eigenvalue weighted by Crippen LogP contribution is -2.62. The molecule has 0 radical (unpaired) electrons. The first kappa shape index (κ1) is 35.1. The standard InChI is InChI=1S/C34H40N8O6S/c35-34(36)40-16-5-9-25(20-40)18-27(31(45)32-37-14-17-49-32)38-29(43)21-41-28(19-24-6-2-1-3-7-24)33(46)39(22-30(41)44)15-4-8-23-10-12-26(13-11-23)42(47)48/h1-3,6-7,10-14,17,25,27-28H,4-5,8-9,15-16,18-22H2,(H3,35,36)(H,38,43)/t25?,27-,28+/m0/s1. The van der Waals surface area contributed by atoms with E-state index in [-0.39, 0.29) is 53.1 Å². The van der Waals surface area contributed by atoms with Gasteiger partial charge in [0.25, 0.3) is 5.69 Å². The highest BCUT2D eigenvalue weighted by molar-refractivity contribution is 7.11. The largest absolute Gasteiger partial charge is 0.370 e. The first-order chi connectivity index (χ1) is 23.6. The smallest absolute Gasteiger partial charge is 0.269 e. The number of hydrogen-bond donors (Lipinski definition) is 3. The number of nitro benzene ring substituents is 1. The molecule has 0 saturated carbocycles.